The number of methoxy groups -OCH3 is 1. The first-order valence-electron chi connectivity index (χ1n) is 6.58. The summed E-state index contributed by atoms with van der Waals surface area (Å²) in [7, 11) is 3.70. The molecular weight excluding hydrogens is 224 g/mol. The van der Waals surface area contributed by atoms with E-state index in [4.69, 9.17) is 4.74 Å². The van der Waals surface area contributed by atoms with Gasteiger partial charge >= 0.3 is 0 Å². The number of rotatable bonds is 7. The molecule has 3 nitrogen and oxygen atoms in total. The van der Waals surface area contributed by atoms with Crippen LogP contribution >= 0.6 is 0 Å². The van der Waals surface area contributed by atoms with Crippen molar-refractivity contribution < 1.29 is 4.74 Å². The lowest BCUT2D eigenvalue weighted by molar-refractivity contribution is 0.364. The monoisotopic (exact) mass is 250 g/mol. The summed E-state index contributed by atoms with van der Waals surface area (Å²) in [6.07, 6.45) is 1.05. The standard InChI is InChI=1S/C15H26N2O/c1-6-12-7-8-14(18-5)13(9-12)10-17-15(2,3)11-16-4/h7-9,16-17H,6,10-11H2,1-5H3. The van der Waals surface area contributed by atoms with Crippen molar-refractivity contribution in [2.45, 2.75) is 39.3 Å². The van der Waals surface area contributed by atoms with E-state index in [1.165, 1.54) is 11.1 Å². The normalized spacial score (nSPS) is 11.6. The summed E-state index contributed by atoms with van der Waals surface area (Å²) in [6, 6.07) is 6.41. The first kappa shape index (κ1) is 15.0. The van der Waals surface area contributed by atoms with Crippen LogP contribution in [0.3, 0.4) is 0 Å². The highest BCUT2D eigenvalue weighted by molar-refractivity contribution is 5.37. The van der Waals surface area contributed by atoms with Crippen molar-refractivity contribution in [1.82, 2.24) is 10.6 Å². The van der Waals surface area contributed by atoms with Crippen molar-refractivity contribution in [3.05, 3.63) is 29.3 Å². The molecule has 0 aliphatic carbocycles. The summed E-state index contributed by atoms with van der Waals surface area (Å²) >= 11 is 0. The van der Waals surface area contributed by atoms with Crippen LogP contribution in [0.5, 0.6) is 5.75 Å². The quantitative estimate of drug-likeness (QED) is 0.779. The second-order valence-electron chi connectivity index (χ2n) is 5.27. The summed E-state index contributed by atoms with van der Waals surface area (Å²) < 4.78 is 5.41. The van der Waals surface area contributed by atoms with Gasteiger partial charge in [0.1, 0.15) is 5.75 Å². The number of aryl methyl sites for hydroxylation is 1. The molecule has 102 valence electrons. The molecular formula is C15H26N2O. The number of likely N-dealkylation sites (N-methyl/N-ethyl adjacent to an activating group) is 1. The molecule has 0 aliphatic rings. The maximum Gasteiger partial charge on any atom is 0.123 e. The van der Waals surface area contributed by atoms with Gasteiger partial charge < -0.3 is 15.4 Å². The van der Waals surface area contributed by atoms with Crippen LogP contribution in [-0.4, -0.2) is 26.2 Å². The lowest BCUT2D eigenvalue weighted by Crippen LogP contribution is -2.46. The Morgan fingerprint density at radius 1 is 1.28 bits per heavy atom. The predicted molar refractivity (Wildman–Crippen MR) is 77.2 cm³/mol. The summed E-state index contributed by atoms with van der Waals surface area (Å²) in [5.74, 6) is 0.958. The van der Waals surface area contributed by atoms with Crippen molar-refractivity contribution in [3.63, 3.8) is 0 Å². The molecule has 0 amide bonds. The molecule has 1 aromatic rings. The average Bonchev–Trinajstić information content (AvgIpc) is 2.36. The fourth-order valence-corrected chi connectivity index (χ4v) is 2.03. The summed E-state index contributed by atoms with van der Waals surface area (Å²) in [4.78, 5) is 0. The van der Waals surface area contributed by atoms with Gasteiger partial charge in [-0.2, -0.15) is 0 Å². The van der Waals surface area contributed by atoms with Crippen LogP contribution in [0, 0.1) is 0 Å². The van der Waals surface area contributed by atoms with Crippen molar-refractivity contribution in [1.29, 1.82) is 0 Å². The lowest BCUT2D eigenvalue weighted by atomic mass is 10.0. The molecule has 0 spiro atoms. The molecule has 0 fully saturated rings. The smallest absolute Gasteiger partial charge is 0.123 e. The SMILES string of the molecule is CCc1ccc(OC)c(CNC(C)(C)CNC)c1. The molecule has 0 aliphatic heterocycles. The fraction of sp³-hybridized carbons (Fsp3) is 0.600. The largest absolute Gasteiger partial charge is 0.496 e. The number of hydrogen-bond acceptors (Lipinski definition) is 3. The number of nitrogens with one attached hydrogen (secondary N) is 2. The Balaban J connectivity index is 2.76. The molecule has 3 heteroatoms. The van der Waals surface area contributed by atoms with E-state index in [1.807, 2.05) is 7.05 Å². The van der Waals surface area contributed by atoms with Crippen LogP contribution in [0.2, 0.25) is 0 Å². The number of ether oxygens (including phenoxy) is 1. The Kier molecular flexibility index (Phi) is 5.63. The molecule has 0 atom stereocenters. The molecule has 0 heterocycles. The predicted octanol–water partition coefficient (Wildman–Crippen LogP) is 2.35. The number of hydrogen-bond donors (Lipinski definition) is 2. The first-order chi connectivity index (χ1) is 8.52. The van der Waals surface area contributed by atoms with Crippen LogP contribution in [0.4, 0.5) is 0 Å². The Hall–Kier alpha value is -1.06. The highest BCUT2D eigenvalue weighted by Gasteiger charge is 2.16. The zero-order chi connectivity index (χ0) is 13.6. The van der Waals surface area contributed by atoms with Gasteiger partial charge in [0.25, 0.3) is 0 Å². The highest BCUT2D eigenvalue weighted by Crippen LogP contribution is 2.20. The highest BCUT2D eigenvalue weighted by atomic mass is 16.5. The third kappa shape index (κ3) is 4.31. The maximum absolute atomic E-state index is 5.41. The Labute approximate surface area is 111 Å². The minimum Gasteiger partial charge on any atom is -0.496 e. The van der Waals surface area contributed by atoms with E-state index in [0.29, 0.717) is 0 Å². The van der Waals surface area contributed by atoms with E-state index < -0.39 is 0 Å². The van der Waals surface area contributed by atoms with Gasteiger partial charge in [-0.3, -0.25) is 0 Å². The minimum absolute atomic E-state index is 0.0714. The second kappa shape index (κ2) is 6.76. The van der Waals surface area contributed by atoms with Crippen molar-refractivity contribution in [2.24, 2.45) is 0 Å². The van der Waals surface area contributed by atoms with Gasteiger partial charge in [0, 0.05) is 24.2 Å². The van der Waals surface area contributed by atoms with E-state index in [-0.39, 0.29) is 5.54 Å². The molecule has 0 bridgehead atoms. The molecule has 1 aromatic carbocycles. The number of benzene rings is 1. The van der Waals surface area contributed by atoms with Crippen molar-refractivity contribution in [2.75, 3.05) is 20.7 Å². The molecule has 18 heavy (non-hydrogen) atoms. The summed E-state index contributed by atoms with van der Waals surface area (Å²) in [6.45, 7) is 8.32. The van der Waals surface area contributed by atoms with Crippen LogP contribution in [0.1, 0.15) is 31.9 Å². The summed E-state index contributed by atoms with van der Waals surface area (Å²) in [5.41, 5.74) is 2.64. The molecule has 0 unspecified atom stereocenters. The van der Waals surface area contributed by atoms with Crippen molar-refractivity contribution in [3.8, 4) is 5.75 Å². The van der Waals surface area contributed by atoms with E-state index in [2.05, 4.69) is 49.6 Å². The topological polar surface area (TPSA) is 33.3 Å². The molecule has 0 saturated heterocycles. The van der Waals surface area contributed by atoms with Crippen LogP contribution in [0.15, 0.2) is 18.2 Å². The Morgan fingerprint density at radius 3 is 2.56 bits per heavy atom. The minimum atomic E-state index is 0.0714. The van der Waals surface area contributed by atoms with E-state index in [9.17, 15) is 0 Å². The molecule has 2 N–H and O–H groups in total. The summed E-state index contributed by atoms with van der Waals surface area (Å²) in [5, 5.41) is 6.76. The van der Waals surface area contributed by atoms with Gasteiger partial charge in [0.15, 0.2) is 0 Å². The van der Waals surface area contributed by atoms with Gasteiger partial charge in [-0.25, -0.2) is 0 Å². The first-order valence-corrected chi connectivity index (χ1v) is 6.58. The Morgan fingerprint density at radius 2 is 2.00 bits per heavy atom. The molecule has 1 rings (SSSR count). The third-order valence-corrected chi connectivity index (χ3v) is 3.13. The lowest BCUT2D eigenvalue weighted by Gasteiger charge is -2.26. The molecule has 0 saturated carbocycles. The van der Waals surface area contributed by atoms with Gasteiger partial charge in [-0.1, -0.05) is 19.1 Å². The van der Waals surface area contributed by atoms with E-state index >= 15 is 0 Å². The third-order valence-electron chi connectivity index (χ3n) is 3.13. The van der Waals surface area contributed by atoms with Gasteiger partial charge in [0.2, 0.25) is 0 Å². The molecule has 0 aromatic heterocycles. The molecule has 0 radical (unpaired) electrons. The van der Waals surface area contributed by atoms with E-state index in [1.54, 1.807) is 7.11 Å². The fourth-order valence-electron chi connectivity index (χ4n) is 2.03. The van der Waals surface area contributed by atoms with Crippen LogP contribution in [0.25, 0.3) is 0 Å². The van der Waals surface area contributed by atoms with Gasteiger partial charge in [0.05, 0.1) is 7.11 Å². The second-order valence-corrected chi connectivity index (χ2v) is 5.27. The van der Waals surface area contributed by atoms with Crippen molar-refractivity contribution >= 4 is 0 Å². The van der Waals surface area contributed by atoms with Crippen LogP contribution in [-0.2, 0) is 13.0 Å². The zero-order valence-corrected chi connectivity index (χ0v) is 12.3. The van der Waals surface area contributed by atoms with E-state index in [0.717, 1.165) is 25.3 Å². The maximum atomic E-state index is 5.41. The van der Waals surface area contributed by atoms with Gasteiger partial charge in [-0.15, -0.1) is 0 Å². The van der Waals surface area contributed by atoms with Crippen LogP contribution < -0.4 is 15.4 Å². The zero-order valence-electron chi connectivity index (χ0n) is 12.3. The average molecular weight is 250 g/mol. The van der Waals surface area contributed by atoms with Gasteiger partial charge in [-0.05, 0) is 38.9 Å². The Bertz CT molecular complexity index is 375.